The van der Waals surface area contributed by atoms with Crippen molar-refractivity contribution in [2.45, 2.75) is 20.0 Å². The molecule has 2 N–H and O–H groups in total. The van der Waals surface area contributed by atoms with Crippen LogP contribution in [0.25, 0.3) is 5.69 Å². The number of hydrogen-bond donors (Lipinski definition) is 2. The molecule has 1 aromatic carbocycles. The summed E-state index contributed by atoms with van der Waals surface area (Å²) in [6.07, 6.45) is 6.66. The van der Waals surface area contributed by atoms with Crippen molar-refractivity contribution in [2.24, 2.45) is 12.0 Å². The molecule has 0 amide bonds. The fourth-order valence-electron chi connectivity index (χ4n) is 2.52. The molecule has 3 aromatic rings. The Balaban J connectivity index is 1.67. The Morgan fingerprint density at radius 3 is 2.77 bits per heavy atom. The van der Waals surface area contributed by atoms with Gasteiger partial charge in [-0.2, -0.15) is 5.10 Å². The van der Waals surface area contributed by atoms with E-state index >= 15 is 0 Å². The van der Waals surface area contributed by atoms with Crippen LogP contribution in [0.3, 0.4) is 0 Å². The molecule has 0 aliphatic heterocycles. The van der Waals surface area contributed by atoms with Crippen LogP contribution in [0.4, 0.5) is 4.39 Å². The Hall–Kier alpha value is -3.16. The molecule has 2 aromatic heterocycles. The van der Waals surface area contributed by atoms with Crippen LogP contribution in [0, 0.1) is 5.82 Å². The van der Waals surface area contributed by atoms with Gasteiger partial charge in [-0.25, -0.2) is 14.4 Å². The van der Waals surface area contributed by atoms with Crippen LogP contribution < -0.4 is 10.6 Å². The van der Waals surface area contributed by atoms with Gasteiger partial charge >= 0.3 is 0 Å². The maximum Gasteiger partial charge on any atom is 0.191 e. The molecule has 0 atom stereocenters. The van der Waals surface area contributed by atoms with Crippen molar-refractivity contribution in [3.63, 3.8) is 0 Å². The Morgan fingerprint density at radius 1 is 1.23 bits per heavy atom. The van der Waals surface area contributed by atoms with Crippen molar-refractivity contribution in [3.05, 3.63) is 66.3 Å². The first-order valence-corrected chi connectivity index (χ1v) is 8.43. The average molecular weight is 355 g/mol. The fraction of sp³-hybridized carbons (Fsp3) is 0.278. The van der Waals surface area contributed by atoms with Crippen LogP contribution in [-0.2, 0) is 20.1 Å². The van der Waals surface area contributed by atoms with E-state index < -0.39 is 0 Å². The highest BCUT2D eigenvalue weighted by Gasteiger charge is 2.06. The SMILES string of the molecule is CCNC(=NCc1ccc(-n2ccnc2)c(F)c1)NCc1ccnn1C. The molecule has 0 unspecified atom stereocenters. The Kier molecular flexibility index (Phi) is 5.62. The van der Waals surface area contributed by atoms with E-state index in [-0.39, 0.29) is 5.82 Å². The molecule has 7 nitrogen and oxygen atoms in total. The van der Waals surface area contributed by atoms with E-state index in [9.17, 15) is 4.39 Å². The molecular weight excluding hydrogens is 333 g/mol. The second-order valence-electron chi connectivity index (χ2n) is 5.75. The number of rotatable bonds is 6. The van der Waals surface area contributed by atoms with Crippen molar-refractivity contribution in [3.8, 4) is 5.69 Å². The minimum atomic E-state index is -0.302. The molecule has 0 saturated heterocycles. The van der Waals surface area contributed by atoms with E-state index in [1.54, 1.807) is 40.2 Å². The number of nitrogens with one attached hydrogen (secondary N) is 2. The summed E-state index contributed by atoms with van der Waals surface area (Å²) in [4.78, 5) is 8.47. The van der Waals surface area contributed by atoms with Crippen LogP contribution in [0.1, 0.15) is 18.2 Å². The zero-order valence-corrected chi connectivity index (χ0v) is 14.9. The first kappa shape index (κ1) is 17.7. The molecule has 2 heterocycles. The summed E-state index contributed by atoms with van der Waals surface area (Å²) in [6.45, 7) is 3.73. The number of aliphatic imine (C=N–C) groups is 1. The number of benzene rings is 1. The van der Waals surface area contributed by atoms with Gasteiger partial charge in [-0.15, -0.1) is 0 Å². The third-order valence-electron chi connectivity index (χ3n) is 3.92. The number of nitrogens with zero attached hydrogens (tertiary/aromatic N) is 5. The smallest absolute Gasteiger partial charge is 0.191 e. The van der Waals surface area contributed by atoms with Gasteiger partial charge in [-0.1, -0.05) is 6.07 Å². The highest BCUT2D eigenvalue weighted by atomic mass is 19.1. The first-order valence-electron chi connectivity index (χ1n) is 8.43. The van der Waals surface area contributed by atoms with E-state index in [1.165, 1.54) is 6.07 Å². The van der Waals surface area contributed by atoms with E-state index in [2.05, 4.69) is 25.7 Å². The quantitative estimate of drug-likeness (QED) is 0.524. The maximum atomic E-state index is 14.3. The molecule has 3 rings (SSSR count). The van der Waals surface area contributed by atoms with E-state index in [0.29, 0.717) is 24.7 Å². The summed E-state index contributed by atoms with van der Waals surface area (Å²) in [7, 11) is 1.89. The lowest BCUT2D eigenvalue weighted by Crippen LogP contribution is -2.37. The first-order chi connectivity index (χ1) is 12.7. The number of hydrogen-bond acceptors (Lipinski definition) is 3. The number of halogens is 1. The van der Waals surface area contributed by atoms with E-state index in [1.807, 2.05) is 26.1 Å². The number of imidazole rings is 1. The van der Waals surface area contributed by atoms with Crippen molar-refractivity contribution in [2.75, 3.05) is 6.54 Å². The van der Waals surface area contributed by atoms with Crippen LogP contribution in [0.15, 0.2) is 54.2 Å². The van der Waals surface area contributed by atoms with Gasteiger partial charge in [0.25, 0.3) is 0 Å². The molecule has 0 fully saturated rings. The predicted molar refractivity (Wildman–Crippen MR) is 98.4 cm³/mol. The lowest BCUT2D eigenvalue weighted by atomic mass is 10.2. The molecular formula is C18H22FN7. The second kappa shape index (κ2) is 8.28. The van der Waals surface area contributed by atoms with Gasteiger partial charge in [0.05, 0.1) is 30.8 Å². The summed E-state index contributed by atoms with van der Waals surface area (Å²) in [6, 6.07) is 7.05. The van der Waals surface area contributed by atoms with Gasteiger partial charge in [0.15, 0.2) is 5.96 Å². The van der Waals surface area contributed by atoms with Crippen molar-refractivity contribution >= 4 is 5.96 Å². The summed E-state index contributed by atoms with van der Waals surface area (Å²) in [5.41, 5.74) is 2.31. The minimum absolute atomic E-state index is 0.302. The number of aryl methyl sites for hydroxylation is 1. The lowest BCUT2D eigenvalue weighted by molar-refractivity contribution is 0.615. The molecule has 136 valence electrons. The van der Waals surface area contributed by atoms with Gasteiger partial charge in [0.2, 0.25) is 0 Å². The van der Waals surface area contributed by atoms with Crippen molar-refractivity contribution in [1.82, 2.24) is 30.0 Å². The topological polar surface area (TPSA) is 72.1 Å². The highest BCUT2D eigenvalue weighted by Crippen LogP contribution is 2.15. The van der Waals surface area contributed by atoms with E-state index in [0.717, 1.165) is 17.8 Å². The van der Waals surface area contributed by atoms with E-state index in [4.69, 9.17) is 0 Å². The van der Waals surface area contributed by atoms with Crippen molar-refractivity contribution in [1.29, 1.82) is 0 Å². The molecule has 0 radical (unpaired) electrons. The highest BCUT2D eigenvalue weighted by molar-refractivity contribution is 5.79. The standard InChI is InChI=1S/C18H22FN7/c1-3-21-18(23-12-15-6-7-24-25(15)2)22-11-14-4-5-17(16(19)10-14)26-9-8-20-13-26/h4-10,13H,3,11-12H2,1-2H3,(H2,21,22,23). The largest absolute Gasteiger partial charge is 0.357 e. The van der Waals surface area contributed by atoms with Crippen LogP contribution in [0.5, 0.6) is 0 Å². The lowest BCUT2D eigenvalue weighted by Gasteiger charge is -2.12. The van der Waals surface area contributed by atoms with Crippen LogP contribution >= 0.6 is 0 Å². The second-order valence-corrected chi connectivity index (χ2v) is 5.75. The Labute approximate surface area is 151 Å². The molecule has 8 heteroatoms. The molecule has 26 heavy (non-hydrogen) atoms. The summed E-state index contributed by atoms with van der Waals surface area (Å²) in [5.74, 6) is 0.372. The molecule has 0 spiro atoms. The van der Waals surface area contributed by atoms with Gasteiger partial charge < -0.3 is 15.2 Å². The molecule has 0 aliphatic carbocycles. The minimum Gasteiger partial charge on any atom is -0.357 e. The Bertz CT molecular complexity index is 868. The monoisotopic (exact) mass is 355 g/mol. The number of guanidine groups is 1. The zero-order chi connectivity index (χ0) is 18.4. The maximum absolute atomic E-state index is 14.3. The average Bonchev–Trinajstić information content (AvgIpc) is 3.29. The van der Waals surface area contributed by atoms with Crippen LogP contribution in [-0.4, -0.2) is 31.8 Å². The fourth-order valence-corrected chi connectivity index (χ4v) is 2.52. The van der Waals surface area contributed by atoms with Gasteiger partial charge in [0, 0.05) is 32.2 Å². The van der Waals surface area contributed by atoms with Gasteiger partial charge in [-0.05, 0) is 30.7 Å². The van der Waals surface area contributed by atoms with Crippen LogP contribution in [0.2, 0.25) is 0 Å². The zero-order valence-electron chi connectivity index (χ0n) is 14.9. The van der Waals surface area contributed by atoms with Crippen molar-refractivity contribution < 1.29 is 4.39 Å². The summed E-state index contributed by atoms with van der Waals surface area (Å²) < 4.78 is 17.8. The molecule has 0 saturated carbocycles. The van der Waals surface area contributed by atoms with Gasteiger partial charge in [-0.3, -0.25) is 4.68 Å². The predicted octanol–water partition coefficient (Wildman–Crippen LogP) is 2.00. The third kappa shape index (κ3) is 4.27. The third-order valence-corrected chi connectivity index (χ3v) is 3.92. The van der Waals surface area contributed by atoms with Gasteiger partial charge in [0.1, 0.15) is 5.82 Å². The summed E-state index contributed by atoms with van der Waals surface area (Å²) in [5, 5.41) is 10.6. The number of aromatic nitrogens is 4. The Morgan fingerprint density at radius 2 is 2.12 bits per heavy atom. The molecule has 0 aliphatic rings. The summed E-state index contributed by atoms with van der Waals surface area (Å²) >= 11 is 0. The molecule has 0 bridgehead atoms. The normalized spacial score (nSPS) is 11.6.